The molecule has 13 nitrogen and oxygen atoms in total. The number of esters is 4. The van der Waals surface area contributed by atoms with Gasteiger partial charge in [-0.25, -0.2) is 0 Å². The molecule has 57 heavy (non-hydrogen) atoms. The third-order valence-electron chi connectivity index (χ3n) is 16.5. The number of aliphatic hydroxyl groups excluding tert-OH is 1. The van der Waals surface area contributed by atoms with Crippen LogP contribution in [0.1, 0.15) is 141 Å². The van der Waals surface area contributed by atoms with Crippen molar-refractivity contribution in [1.82, 2.24) is 0 Å². The fraction of sp³-hybridized carbons (Fsp3) is 0.909. The zero-order valence-electron chi connectivity index (χ0n) is 36.4. The van der Waals surface area contributed by atoms with E-state index in [1.165, 1.54) is 27.7 Å². The zero-order valence-corrected chi connectivity index (χ0v) is 36.4. The minimum atomic E-state index is -1.30. The lowest BCUT2D eigenvalue weighted by molar-refractivity contribution is -0.335. The smallest absolute Gasteiger partial charge is 0.303 e. The zero-order chi connectivity index (χ0) is 42.3. The Balaban J connectivity index is 1.26. The van der Waals surface area contributed by atoms with Crippen LogP contribution in [-0.4, -0.2) is 101 Å². The molecule has 0 aromatic heterocycles. The topological polar surface area (TPSA) is 173 Å². The van der Waals surface area contributed by atoms with Crippen molar-refractivity contribution < 1.29 is 62.5 Å². The van der Waals surface area contributed by atoms with Crippen LogP contribution in [0.2, 0.25) is 0 Å². The maximum Gasteiger partial charge on any atom is 0.303 e. The summed E-state index contributed by atoms with van der Waals surface area (Å²) in [6, 6.07) is 0. The molecule has 0 amide bonds. The summed E-state index contributed by atoms with van der Waals surface area (Å²) in [6.07, 6.45) is 0.636. The first-order valence-electron chi connectivity index (χ1n) is 21.3. The Kier molecular flexibility index (Phi) is 11.9. The van der Waals surface area contributed by atoms with E-state index in [0.717, 1.165) is 44.9 Å². The number of hydrogen-bond donors (Lipinski definition) is 2. The van der Waals surface area contributed by atoms with Gasteiger partial charge in [-0.3, -0.25) is 19.2 Å². The fourth-order valence-corrected chi connectivity index (χ4v) is 13.8. The molecule has 0 bridgehead atoms. The van der Waals surface area contributed by atoms with Gasteiger partial charge in [-0.05, 0) is 124 Å². The highest BCUT2D eigenvalue weighted by molar-refractivity contribution is 5.68. The highest BCUT2D eigenvalue weighted by Crippen LogP contribution is 2.76. The molecule has 0 aromatic rings. The lowest BCUT2D eigenvalue weighted by atomic mass is 9.35. The van der Waals surface area contributed by atoms with Gasteiger partial charge in [-0.2, -0.15) is 0 Å². The quantitative estimate of drug-likeness (QED) is 0.162. The van der Waals surface area contributed by atoms with E-state index in [1.807, 2.05) is 13.8 Å². The van der Waals surface area contributed by atoms with Crippen molar-refractivity contribution >= 4 is 23.9 Å². The minimum Gasteiger partial charge on any atom is -0.463 e. The number of rotatable bonds is 9. The number of ether oxygens (including phenoxy) is 7. The van der Waals surface area contributed by atoms with Crippen molar-refractivity contribution in [3.8, 4) is 0 Å². The third kappa shape index (κ3) is 7.67. The van der Waals surface area contributed by atoms with Crippen LogP contribution in [-0.2, 0) is 52.3 Å². The monoisotopic (exact) mass is 806 g/mol. The number of carbonyl (C=O) groups is 4. The van der Waals surface area contributed by atoms with Crippen LogP contribution in [0.15, 0.2) is 0 Å². The highest BCUT2D eigenvalue weighted by atomic mass is 16.7. The molecule has 6 rings (SSSR count). The molecule has 324 valence electrons. The molecule has 2 N–H and O–H groups in total. The van der Waals surface area contributed by atoms with Gasteiger partial charge in [0.2, 0.25) is 0 Å². The first kappa shape index (κ1) is 44.2. The van der Waals surface area contributed by atoms with Crippen molar-refractivity contribution in [2.24, 2.45) is 45.3 Å². The van der Waals surface area contributed by atoms with Gasteiger partial charge in [-0.15, -0.1) is 0 Å². The van der Waals surface area contributed by atoms with Crippen molar-refractivity contribution in [3.63, 3.8) is 0 Å². The molecule has 0 spiro atoms. The second kappa shape index (κ2) is 15.3. The summed E-state index contributed by atoms with van der Waals surface area (Å²) in [6.45, 7) is 22.2. The average Bonchev–Trinajstić information content (AvgIpc) is 3.67. The minimum absolute atomic E-state index is 0.0227. The van der Waals surface area contributed by atoms with E-state index in [1.54, 1.807) is 0 Å². The molecule has 0 unspecified atom stereocenters. The Bertz CT molecular complexity index is 1560. The predicted molar refractivity (Wildman–Crippen MR) is 206 cm³/mol. The van der Waals surface area contributed by atoms with Gasteiger partial charge in [0, 0.05) is 27.7 Å². The summed E-state index contributed by atoms with van der Waals surface area (Å²) in [5.74, 6) is -1.86. The Morgan fingerprint density at radius 1 is 0.719 bits per heavy atom. The number of hydrogen-bond acceptors (Lipinski definition) is 13. The SMILES string of the molecule is CC(=O)OC[C@H]1O[C@@H](O[C@H]2CC[C@]3(C)[C@H]4C[C@H](O)[C@@H]5[C@@H]([C@]6(C)CC[C@H](C(C)(C)O)O6)CC[C@@]5(C)[C@]4(C)CC[C@H]3C2(C)C)[C@H](OC(C)=O)[C@@H](OC(C)=O)[C@@H]1OC(C)=O. The van der Waals surface area contributed by atoms with Crippen molar-refractivity contribution in [2.45, 2.75) is 201 Å². The van der Waals surface area contributed by atoms with Crippen LogP contribution >= 0.6 is 0 Å². The maximum absolute atomic E-state index is 12.5. The molecule has 2 aliphatic heterocycles. The van der Waals surface area contributed by atoms with Crippen LogP contribution < -0.4 is 0 Å². The Morgan fingerprint density at radius 2 is 1.32 bits per heavy atom. The van der Waals surface area contributed by atoms with Crippen LogP contribution in [0.25, 0.3) is 0 Å². The van der Waals surface area contributed by atoms with Crippen LogP contribution in [0, 0.1) is 45.3 Å². The van der Waals surface area contributed by atoms with E-state index in [2.05, 4.69) is 41.5 Å². The molecule has 2 saturated heterocycles. The van der Waals surface area contributed by atoms with E-state index < -0.39 is 77.3 Å². The Morgan fingerprint density at radius 3 is 1.89 bits per heavy atom. The molecule has 4 aliphatic carbocycles. The van der Waals surface area contributed by atoms with E-state index >= 15 is 0 Å². The van der Waals surface area contributed by atoms with Gasteiger partial charge >= 0.3 is 23.9 Å². The standard InChI is InChI=1S/C44H70O13/c1-23(45)51-22-29-35(52-24(2)46)36(53-25(3)47)37(54-26(4)48)38(55-29)56-32-15-17-41(9)30(39(32,5)6)14-19-42(10)31(41)21-28(49)34-27(13-18-43(34,42)11)44(12)20-16-33(57-44)40(7,8)50/h27-38,49-50H,13-22H2,1-12H3/t27-,28-,29+,30-,31+,32-,33+,34-,35+,36-,37+,38-,41-,42+,43+,44-/m0/s1. The maximum atomic E-state index is 12.5. The summed E-state index contributed by atoms with van der Waals surface area (Å²) < 4.78 is 42.3. The summed E-state index contributed by atoms with van der Waals surface area (Å²) in [4.78, 5) is 49.1. The summed E-state index contributed by atoms with van der Waals surface area (Å²) in [7, 11) is 0. The lowest BCUT2D eigenvalue weighted by Crippen LogP contribution is -2.67. The lowest BCUT2D eigenvalue weighted by Gasteiger charge is -2.70. The van der Waals surface area contributed by atoms with E-state index in [0.29, 0.717) is 12.8 Å². The highest BCUT2D eigenvalue weighted by Gasteiger charge is 2.72. The van der Waals surface area contributed by atoms with Crippen LogP contribution in [0.5, 0.6) is 0 Å². The average molecular weight is 807 g/mol. The molecule has 2 heterocycles. The van der Waals surface area contributed by atoms with E-state index in [-0.39, 0.29) is 58.7 Å². The van der Waals surface area contributed by atoms with Gasteiger partial charge in [0.25, 0.3) is 0 Å². The molecule has 16 atom stereocenters. The van der Waals surface area contributed by atoms with Crippen molar-refractivity contribution in [3.05, 3.63) is 0 Å². The second-order valence-corrected chi connectivity index (χ2v) is 20.6. The molecule has 0 aromatic carbocycles. The molecule has 6 aliphatic rings. The van der Waals surface area contributed by atoms with Gasteiger partial charge in [0.05, 0.1) is 29.5 Å². The molecule has 0 radical (unpaired) electrons. The fourth-order valence-electron chi connectivity index (χ4n) is 13.8. The van der Waals surface area contributed by atoms with Crippen LogP contribution in [0.3, 0.4) is 0 Å². The van der Waals surface area contributed by atoms with Gasteiger partial charge in [0.1, 0.15) is 12.7 Å². The molecule has 6 fully saturated rings. The Hall–Kier alpha value is -2.32. The molecular weight excluding hydrogens is 736 g/mol. The van der Waals surface area contributed by atoms with Crippen molar-refractivity contribution in [2.75, 3.05) is 6.61 Å². The second-order valence-electron chi connectivity index (χ2n) is 20.6. The number of carbonyl (C=O) groups excluding carboxylic acids is 4. The van der Waals surface area contributed by atoms with E-state index in [9.17, 15) is 29.4 Å². The van der Waals surface area contributed by atoms with Crippen LogP contribution in [0.4, 0.5) is 0 Å². The van der Waals surface area contributed by atoms with Gasteiger partial charge in [0.15, 0.2) is 24.6 Å². The molecule has 4 saturated carbocycles. The number of aliphatic hydroxyl groups is 2. The van der Waals surface area contributed by atoms with E-state index in [4.69, 9.17) is 33.2 Å². The normalized spacial score (nSPS) is 46.5. The summed E-state index contributed by atoms with van der Waals surface area (Å²) in [5.41, 5.74) is -1.97. The van der Waals surface area contributed by atoms with Gasteiger partial charge in [-0.1, -0.05) is 34.6 Å². The molecule has 13 heteroatoms. The van der Waals surface area contributed by atoms with Gasteiger partial charge < -0.3 is 43.4 Å². The Labute approximate surface area is 338 Å². The first-order valence-corrected chi connectivity index (χ1v) is 21.3. The summed E-state index contributed by atoms with van der Waals surface area (Å²) >= 11 is 0. The first-order chi connectivity index (χ1) is 26.3. The predicted octanol–water partition coefficient (Wildman–Crippen LogP) is 5.82. The number of fused-ring (bicyclic) bond motifs is 5. The largest absolute Gasteiger partial charge is 0.463 e. The third-order valence-corrected chi connectivity index (χ3v) is 16.5. The van der Waals surface area contributed by atoms with Crippen molar-refractivity contribution in [1.29, 1.82) is 0 Å². The molecular formula is C44H70O13. The summed E-state index contributed by atoms with van der Waals surface area (Å²) in [5, 5.41) is 23.2.